The quantitative estimate of drug-likeness (QED) is 0.754. The van der Waals surface area contributed by atoms with E-state index in [1.807, 2.05) is 38.1 Å². The first kappa shape index (κ1) is 15.1. The molecule has 5 heteroatoms. The van der Waals surface area contributed by atoms with Crippen molar-refractivity contribution in [2.75, 3.05) is 18.5 Å². The highest BCUT2D eigenvalue weighted by atomic mass is 79.9. The average Bonchev–Trinajstić information content (AvgIpc) is 2.26. The van der Waals surface area contributed by atoms with E-state index in [9.17, 15) is 4.79 Å². The molecule has 4 nitrogen and oxygen atoms in total. The topological polar surface area (TPSA) is 61.4 Å². The maximum atomic E-state index is 11.7. The van der Waals surface area contributed by atoms with Gasteiger partial charge in [-0.05, 0) is 38.5 Å². The van der Waals surface area contributed by atoms with Gasteiger partial charge in [-0.1, -0.05) is 22.0 Å². The predicted molar refractivity (Wildman–Crippen MR) is 76.6 cm³/mol. The number of amides is 1. The molecule has 0 bridgehead atoms. The van der Waals surface area contributed by atoms with Gasteiger partial charge in [-0.15, -0.1) is 0 Å². The molecule has 1 aromatic carbocycles. The van der Waals surface area contributed by atoms with Gasteiger partial charge in [0.25, 0.3) is 0 Å². The van der Waals surface area contributed by atoms with Crippen LogP contribution in [0.4, 0.5) is 5.69 Å². The number of hydrogen-bond acceptors (Lipinski definition) is 3. The monoisotopic (exact) mass is 314 g/mol. The number of hydrogen-bond donors (Lipinski definition) is 3. The standard InChI is InChI=1S/C13H19BrN2O2/c1-13(2,6-7-17)15-9-12(18)16-11-5-3-4-10(14)8-11/h3-5,8,15,17H,6-7,9H2,1-2H3,(H,16,18). The Morgan fingerprint density at radius 2 is 2.17 bits per heavy atom. The van der Waals surface area contributed by atoms with E-state index < -0.39 is 0 Å². The number of halogens is 1. The van der Waals surface area contributed by atoms with E-state index in [-0.39, 0.29) is 24.6 Å². The van der Waals surface area contributed by atoms with E-state index in [2.05, 4.69) is 26.6 Å². The molecule has 0 radical (unpaired) electrons. The third-order valence-electron chi connectivity index (χ3n) is 2.57. The summed E-state index contributed by atoms with van der Waals surface area (Å²) in [6.45, 7) is 4.23. The number of benzene rings is 1. The Balaban J connectivity index is 2.43. The Kier molecular flexibility index (Phi) is 5.78. The van der Waals surface area contributed by atoms with E-state index in [4.69, 9.17) is 5.11 Å². The van der Waals surface area contributed by atoms with Crippen molar-refractivity contribution in [3.05, 3.63) is 28.7 Å². The maximum absolute atomic E-state index is 11.7. The van der Waals surface area contributed by atoms with E-state index in [1.165, 1.54) is 0 Å². The van der Waals surface area contributed by atoms with Crippen molar-refractivity contribution >= 4 is 27.5 Å². The molecular weight excluding hydrogens is 296 g/mol. The fourth-order valence-corrected chi connectivity index (χ4v) is 1.86. The number of aliphatic hydroxyl groups is 1. The second-order valence-corrected chi connectivity index (χ2v) is 5.69. The first-order chi connectivity index (χ1) is 8.43. The van der Waals surface area contributed by atoms with Crippen LogP contribution < -0.4 is 10.6 Å². The smallest absolute Gasteiger partial charge is 0.238 e. The molecule has 0 spiro atoms. The number of nitrogens with one attached hydrogen (secondary N) is 2. The molecule has 0 aromatic heterocycles. The van der Waals surface area contributed by atoms with Crippen LogP contribution in [0.5, 0.6) is 0 Å². The van der Waals surface area contributed by atoms with Crippen molar-refractivity contribution in [1.29, 1.82) is 0 Å². The first-order valence-electron chi connectivity index (χ1n) is 5.84. The highest BCUT2D eigenvalue weighted by molar-refractivity contribution is 9.10. The minimum absolute atomic E-state index is 0.0980. The molecule has 1 aromatic rings. The fourth-order valence-electron chi connectivity index (χ4n) is 1.46. The summed E-state index contributed by atoms with van der Waals surface area (Å²) in [5.41, 5.74) is 0.514. The second kappa shape index (κ2) is 6.87. The Morgan fingerprint density at radius 3 is 2.78 bits per heavy atom. The normalized spacial score (nSPS) is 11.3. The highest BCUT2D eigenvalue weighted by Gasteiger charge is 2.17. The molecule has 100 valence electrons. The van der Waals surface area contributed by atoms with Crippen LogP contribution in [0, 0.1) is 0 Å². The van der Waals surface area contributed by atoms with E-state index in [0.29, 0.717) is 6.42 Å². The summed E-state index contributed by atoms with van der Waals surface area (Å²) in [5, 5.41) is 14.8. The van der Waals surface area contributed by atoms with Gasteiger partial charge in [-0.25, -0.2) is 0 Å². The van der Waals surface area contributed by atoms with Crippen LogP contribution in [-0.2, 0) is 4.79 Å². The van der Waals surface area contributed by atoms with Crippen molar-refractivity contribution in [2.24, 2.45) is 0 Å². The molecule has 0 aliphatic heterocycles. The van der Waals surface area contributed by atoms with Gasteiger partial charge in [-0.3, -0.25) is 4.79 Å². The highest BCUT2D eigenvalue weighted by Crippen LogP contribution is 2.15. The predicted octanol–water partition coefficient (Wildman–Crippen LogP) is 2.14. The Labute approximate surface area is 116 Å². The van der Waals surface area contributed by atoms with Crippen molar-refractivity contribution in [3.63, 3.8) is 0 Å². The molecule has 0 saturated heterocycles. The summed E-state index contributed by atoms with van der Waals surface area (Å²) in [4.78, 5) is 11.7. The van der Waals surface area contributed by atoms with Crippen LogP contribution in [0.15, 0.2) is 28.7 Å². The summed E-state index contributed by atoms with van der Waals surface area (Å²) in [6, 6.07) is 7.44. The third-order valence-corrected chi connectivity index (χ3v) is 3.07. The van der Waals surface area contributed by atoms with Gasteiger partial charge in [0.2, 0.25) is 5.91 Å². The SMILES string of the molecule is CC(C)(CCO)NCC(=O)Nc1cccc(Br)c1. The van der Waals surface area contributed by atoms with Crippen molar-refractivity contribution in [1.82, 2.24) is 5.32 Å². The molecule has 1 amide bonds. The lowest BCUT2D eigenvalue weighted by Gasteiger charge is -2.25. The number of aliphatic hydroxyl groups excluding tert-OH is 1. The molecule has 0 atom stereocenters. The van der Waals surface area contributed by atoms with E-state index >= 15 is 0 Å². The molecule has 0 saturated carbocycles. The van der Waals surface area contributed by atoms with Gasteiger partial charge in [-0.2, -0.15) is 0 Å². The van der Waals surface area contributed by atoms with Crippen LogP contribution in [0.3, 0.4) is 0 Å². The third kappa shape index (κ3) is 5.62. The number of rotatable bonds is 6. The number of anilines is 1. The van der Waals surface area contributed by atoms with E-state index in [0.717, 1.165) is 10.2 Å². The van der Waals surface area contributed by atoms with Crippen LogP contribution in [0.1, 0.15) is 20.3 Å². The summed E-state index contributed by atoms with van der Waals surface area (Å²) < 4.78 is 0.925. The summed E-state index contributed by atoms with van der Waals surface area (Å²) in [6.07, 6.45) is 0.608. The minimum atomic E-state index is -0.247. The second-order valence-electron chi connectivity index (χ2n) is 4.77. The van der Waals surface area contributed by atoms with Crippen molar-refractivity contribution < 1.29 is 9.90 Å². The lowest BCUT2D eigenvalue weighted by Crippen LogP contribution is -2.44. The summed E-state index contributed by atoms with van der Waals surface area (Å²) in [7, 11) is 0. The van der Waals surface area contributed by atoms with Gasteiger partial charge in [0, 0.05) is 22.3 Å². The Hall–Kier alpha value is -0.910. The fraction of sp³-hybridized carbons (Fsp3) is 0.462. The molecule has 3 N–H and O–H groups in total. The van der Waals surface area contributed by atoms with Gasteiger partial charge in [0.05, 0.1) is 6.54 Å². The number of carbonyl (C=O) groups excluding carboxylic acids is 1. The lowest BCUT2D eigenvalue weighted by molar-refractivity contribution is -0.115. The zero-order valence-electron chi connectivity index (χ0n) is 10.7. The average molecular weight is 315 g/mol. The Morgan fingerprint density at radius 1 is 1.44 bits per heavy atom. The number of carbonyl (C=O) groups is 1. The molecule has 0 unspecified atom stereocenters. The minimum Gasteiger partial charge on any atom is -0.396 e. The van der Waals surface area contributed by atoms with Crippen molar-refractivity contribution in [3.8, 4) is 0 Å². The molecular formula is C13H19BrN2O2. The van der Waals surface area contributed by atoms with Crippen molar-refractivity contribution in [2.45, 2.75) is 25.8 Å². The van der Waals surface area contributed by atoms with Crippen LogP contribution in [-0.4, -0.2) is 29.7 Å². The van der Waals surface area contributed by atoms with Gasteiger partial charge >= 0.3 is 0 Å². The summed E-state index contributed by atoms with van der Waals surface area (Å²) in [5.74, 6) is -0.0980. The zero-order valence-corrected chi connectivity index (χ0v) is 12.3. The molecule has 0 fully saturated rings. The largest absolute Gasteiger partial charge is 0.396 e. The van der Waals surface area contributed by atoms with Gasteiger partial charge < -0.3 is 15.7 Å². The molecule has 0 heterocycles. The molecule has 0 aliphatic rings. The summed E-state index contributed by atoms with van der Waals surface area (Å²) >= 11 is 3.35. The van der Waals surface area contributed by atoms with Crippen LogP contribution in [0.25, 0.3) is 0 Å². The van der Waals surface area contributed by atoms with E-state index in [1.54, 1.807) is 0 Å². The zero-order chi connectivity index (χ0) is 13.6. The molecule has 18 heavy (non-hydrogen) atoms. The molecule has 1 rings (SSSR count). The molecule has 0 aliphatic carbocycles. The lowest BCUT2D eigenvalue weighted by atomic mass is 10.0. The van der Waals surface area contributed by atoms with Crippen LogP contribution in [0.2, 0.25) is 0 Å². The van der Waals surface area contributed by atoms with Crippen LogP contribution >= 0.6 is 15.9 Å². The first-order valence-corrected chi connectivity index (χ1v) is 6.63. The Bertz CT molecular complexity index is 408. The van der Waals surface area contributed by atoms with Gasteiger partial charge in [0.15, 0.2) is 0 Å². The van der Waals surface area contributed by atoms with Gasteiger partial charge in [0.1, 0.15) is 0 Å². The maximum Gasteiger partial charge on any atom is 0.238 e.